The van der Waals surface area contributed by atoms with E-state index in [-0.39, 0.29) is 30.7 Å². The molecule has 11 heteroatoms. The van der Waals surface area contributed by atoms with Crippen LogP contribution in [-0.2, 0) is 24.4 Å². The highest BCUT2D eigenvalue weighted by Crippen LogP contribution is 2.44. The van der Waals surface area contributed by atoms with E-state index in [4.69, 9.17) is 5.73 Å². The number of sulfonamides is 1. The summed E-state index contributed by atoms with van der Waals surface area (Å²) in [5, 5.41) is 13.3. The zero-order chi connectivity index (χ0) is 28.2. The van der Waals surface area contributed by atoms with E-state index in [1.54, 1.807) is 6.92 Å². The fraction of sp³-hybridized carbons (Fsp3) is 0.607. The number of hydrogen-bond acceptors (Lipinski definition) is 7. The predicted octanol–water partition coefficient (Wildman–Crippen LogP) is 2.06. The first-order valence-electron chi connectivity index (χ1n) is 13.8. The van der Waals surface area contributed by atoms with Crippen LogP contribution in [-0.4, -0.2) is 65.6 Å². The number of aliphatic hydroxyl groups excluding tert-OH is 1. The summed E-state index contributed by atoms with van der Waals surface area (Å²) in [5.41, 5.74) is 6.29. The molecule has 1 heterocycles. The Morgan fingerprint density at radius 2 is 1.87 bits per heavy atom. The van der Waals surface area contributed by atoms with E-state index in [0.29, 0.717) is 25.7 Å². The van der Waals surface area contributed by atoms with Crippen LogP contribution in [0.3, 0.4) is 0 Å². The molecule has 1 saturated heterocycles. The van der Waals surface area contributed by atoms with Gasteiger partial charge in [0.15, 0.2) is 0 Å². The SMILES string of the molecule is CC1(S(=O)(=O)NC(=O)C2CC2C=CCCCCCC(Nc2ccccc2)C(=O)N2CC(O)CC2C(N)=O)CC1. The van der Waals surface area contributed by atoms with E-state index in [1.165, 1.54) is 4.90 Å². The number of β-amino-alcohol motifs (C(OH)–C–C–N with tert-alkyl or cyclic N) is 1. The molecule has 10 nitrogen and oxygen atoms in total. The highest BCUT2D eigenvalue weighted by molar-refractivity contribution is 7.91. The number of carbonyl (C=O) groups excluding carboxylic acids is 3. The number of anilines is 1. The summed E-state index contributed by atoms with van der Waals surface area (Å²) >= 11 is 0. The zero-order valence-corrected chi connectivity index (χ0v) is 23.2. The summed E-state index contributed by atoms with van der Waals surface area (Å²) in [4.78, 5) is 38.9. The number of amides is 3. The van der Waals surface area contributed by atoms with Gasteiger partial charge in [-0.05, 0) is 63.5 Å². The molecule has 5 atom stereocenters. The van der Waals surface area contributed by atoms with Gasteiger partial charge in [-0.1, -0.05) is 43.2 Å². The average molecular weight is 561 g/mol. The molecule has 0 radical (unpaired) electrons. The topological polar surface area (TPSA) is 159 Å². The standard InChI is InChI=1S/C28H40N4O6S/c1-28(14-15-28)39(37,38)31-26(35)22-16-19(22)10-6-3-2-4-9-13-23(30-20-11-7-5-8-12-20)27(36)32-18-21(33)17-24(32)25(29)34/h5-8,10-12,19,21-24,30,33H,2-4,9,13-18H2,1H3,(H2,29,34)(H,31,35). The minimum Gasteiger partial charge on any atom is -0.391 e. The smallest absolute Gasteiger partial charge is 0.245 e. The molecular formula is C28H40N4O6S. The van der Waals surface area contributed by atoms with Crippen LogP contribution >= 0.6 is 0 Å². The van der Waals surface area contributed by atoms with Crippen molar-refractivity contribution < 1.29 is 27.9 Å². The second-order valence-electron chi connectivity index (χ2n) is 11.4. The molecule has 4 rings (SSSR count). The molecule has 39 heavy (non-hydrogen) atoms. The van der Waals surface area contributed by atoms with E-state index in [0.717, 1.165) is 31.4 Å². The molecule has 0 aromatic heterocycles. The Morgan fingerprint density at radius 1 is 1.15 bits per heavy atom. The number of aliphatic hydroxyl groups is 1. The van der Waals surface area contributed by atoms with Gasteiger partial charge in [0, 0.05) is 24.6 Å². The summed E-state index contributed by atoms with van der Waals surface area (Å²) < 4.78 is 26.0. The molecule has 3 amide bonds. The van der Waals surface area contributed by atoms with E-state index in [1.807, 2.05) is 42.5 Å². The van der Waals surface area contributed by atoms with Crippen molar-refractivity contribution in [2.45, 2.75) is 87.6 Å². The Bertz CT molecular complexity index is 1180. The number of nitrogens with zero attached hydrogens (tertiary/aromatic N) is 1. The number of likely N-dealkylation sites (tertiary alicyclic amines) is 1. The van der Waals surface area contributed by atoms with Crippen LogP contribution in [0.5, 0.6) is 0 Å². The lowest BCUT2D eigenvalue weighted by molar-refractivity contribution is -0.138. The van der Waals surface area contributed by atoms with E-state index < -0.39 is 44.8 Å². The number of rotatable bonds is 14. The lowest BCUT2D eigenvalue weighted by Crippen LogP contribution is -2.49. The predicted molar refractivity (Wildman–Crippen MR) is 148 cm³/mol. The van der Waals surface area contributed by atoms with Crippen molar-refractivity contribution in [3.63, 3.8) is 0 Å². The second kappa shape index (κ2) is 12.1. The fourth-order valence-electron chi connectivity index (χ4n) is 5.08. The maximum Gasteiger partial charge on any atom is 0.245 e. The molecule has 1 aromatic carbocycles. The van der Waals surface area contributed by atoms with Crippen LogP contribution in [0, 0.1) is 11.8 Å². The molecule has 3 fully saturated rings. The summed E-state index contributed by atoms with van der Waals surface area (Å²) in [5.74, 6) is -1.45. The maximum atomic E-state index is 13.4. The minimum atomic E-state index is -3.59. The highest BCUT2D eigenvalue weighted by Gasteiger charge is 2.52. The van der Waals surface area contributed by atoms with Crippen LogP contribution in [0.1, 0.15) is 64.7 Å². The Labute approximate surface area is 230 Å². The number of primary amides is 1. The Hall–Kier alpha value is -2.92. The largest absolute Gasteiger partial charge is 0.391 e. The first-order chi connectivity index (χ1) is 18.5. The van der Waals surface area contributed by atoms with Gasteiger partial charge in [-0.3, -0.25) is 19.1 Å². The number of unbranched alkanes of at least 4 members (excludes halogenated alkanes) is 3. The van der Waals surface area contributed by atoms with Gasteiger partial charge in [0.25, 0.3) is 0 Å². The summed E-state index contributed by atoms with van der Waals surface area (Å²) in [6, 6.07) is 8.05. The third-order valence-electron chi connectivity index (χ3n) is 8.06. The Morgan fingerprint density at radius 3 is 2.54 bits per heavy atom. The van der Waals surface area contributed by atoms with E-state index in [9.17, 15) is 27.9 Å². The van der Waals surface area contributed by atoms with Gasteiger partial charge in [-0.2, -0.15) is 0 Å². The third-order valence-corrected chi connectivity index (χ3v) is 10.2. The molecule has 214 valence electrons. The number of nitrogens with two attached hydrogens (primary N) is 1. The summed E-state index contributed by atoms with van der Waals surface area (Å²) in [6.07, 6.45) is 9.26. The quantitative estimate of drug-likeness (QED) is 0.200. The number of carbonyl (C=O) groups is 3. The van der Waals surface area contributed by atoms with Crippen molar-refractivity contribution >= 4 is 33.4 Å². The first-order valence-corrected chi connectivity index (χ1v) is 15.3. The molecule has 2 saturated carbocycles. The van der Waals surface area contributed by atoms with Crippen molar-refractivity contribution in [1.82, 2.24) is 9.62 Å². The molecule has 2 aliphatic carbocycles. The maximum absolute atomic E-state index is 13.4. The molecule has 5 N–H and O–H groups in total. The number of nitrogens with one attached hydrogen (secondary N) is 2. The van der Waals surface area contributed by atoms with Crippen LogP contribution in [0.2, 0.25) is 0 Å². The number of benzene rings is 1. The second-order valence-corrected chi connectivity index (χ2v) is 13.5. The van der Waals surface area contributed by atoms with Gasteiger partial charge in [-0.15, -0.1) is 0 Å². The van der Waals surface area contributed by atoms with Gasteiger partial charge in [0.2, 0.25) is 27.7 Å². The molecule has 1 aliphatic heterocycles. The number of allylic oxidation sites excluding steroid dienone is 2. The fourth-order valence-corrected chi connectivity index (χ4v) is 6.39. The highest BCUT2D eigenvalue weighted by atomic mass is 32.2. The van der Waals surface area contributed by atoms with Crippen LogP contribution in [0.25, 0.3) is 0 Å². The molecule has 5 unspecified atom stereocenters. The number of hydrogen-bond donors (Lipinski definition) is 4. The van der Waals surface area contributed by atoms with Crippen LogP contribution in [0.15, 0.2) is 42.5 Å². The average Bonchev–Trinajstić information content (AvgIpc) is 3.80. The van der Waals surface area contributed by atoms with Crippen LogP contribution in [0.4, 0.5) is 5.69 Å². The van der Waals surface area contributed by atoms with Crippen molar-refractivity contribution in [3.8, 4) is 0 Å². The monoisotopic (exact) mass is 560 g/mol. The Kier molecular flexibility index (Phi) is 9.00. The van der Waals surface area contributed by atoms with Crippen molar-refractivity contribution in [2.75, 3.05) is 11.9 Å². The van der Waals surface area contributed by atoms with E-state index >= 15 is 0 Å². The lowest BCUT2D eigenvalue weighted by atomic mass is 10.0. The molecular weight excluding hydrogens is 520 g/mol. The summed E-state index contributed by atoms with van der Waals surface area (Å²) in [6.45, 7) is 1.76. The van der Waals surface area contributed by atoms with Crippen molar-refractivity contribution in [2.24, 2.45) is 17.6 Å². The zero-order valence-electron chi connectivity index (χ0n) is 22.4. The summed E-state index contributed by atoms with van der Waals surface area (Å²) in [7, 11) is -3.59. The van der Waals surface area contributed by atoms with E-state index in [2.05, 4.69) is 10.0 Å². The van der Waals surface area contributed by atoms with Crippen molar-refractivity contribution in [3.05, 3.63) is 42.5 Å². The van der Waals surface area contributed by atoms with Gasteiger partial charge in [0.05, 0.1) is 10.9 Å². The molecule has 0 bridgehead atoms. The minimum absolute atomic E-state index is 0.0818. The molecule has 0 spiro atoms. The third kappa shape index (κ3) is 7.39. The van der Waals surface area contributed by atoms with Crippen molar-refractivity contribution in [1.29, 1.82) is 0 Å². The van der Waals surface area contributed by atoms with Gasteiger partial charge in [0.1, 0.15) is 12.1 Å². The molecule has 3 aliphatic rings. The number of para-hydroxylation sites is 1. The normalized spacial score (nSPS) is 26.3. The van der Waals surface area contributed by atoms with Gasteiger partial charge < -0.3 is 21.1 Å². The van der Waals surface area contributed by atoms with Crippen LogP contribution < -0.4 is 15.8 Å². The van der Waals surface area contributed by atoms with Gasteiger partial charge >= 0.3 is 0 Å². The first kappa shape index (κ1) is 29.1. The molecule has 1 aromatic rings. The Balaban J connectivity index is 1.20. The van der Waals surface area contributed by atoms with Gasteiger partial charge in [-0.25, -0.2) is 8.42 Å². The lowest BCUT2D eigenvalue weighted by Gasteiger charge is -2.28.